The maximum Gasteiger partial charge on any atom is 0.338 e. The van der Waals surface area contributed by atoms with Gasteiger partial charge in [-0.05, 0) is 42.5 Å². The van der Waals surface area contributed by atoms with Gasteiger partial charge < -0.3 is 10.1 Å². The molecule has 1 saturated carbocycles. The minimum atomic E-state index is -3.31. The number of nitrogens with one attached hydrogen (secondary N) is 1. The third kappa shape index (κ3) is 5.29. The molecule has 0 unspecified atom stereocenters. The Labute approximate surface area is 148 Å². The van der Waals surface area contributed by atoms with Crippen molar-refractivity contribution >= 4 is 21.7 Å². The van der Waals surface area contributed by atoms with Crippen molar-refractivity contribution in [2.24, 2.45) is 11.8 Å². The van der Waals surface area contributed by atoms with Crippen molar-refractivity contribution in [3.63, 3.8) is 0 Å². The molecule has 6 nitrogen and oxygen atoms in total. The molecule has 0 radical (unpaired) electrons. The van der Waals surface area contributed by atoms with Crippen LogP contribution in [0.25, 0.3) is 0 Å². The predicted molar refractivity (Wildman–Crippen MR) is 93.9 cm³/mol. The van der Waals surface area contributed by atoms with Crippen molar-refractivity contribution in [2.75, 3.05) is 12.9 Å². The Morgan fingerprint density at radius 2 is 1.80 bits per heavy atom. The van der Waals surface area contributed by atoms with E-state index in [4.69, 9.17) is 4.74 Å². The summed E-state index contributed by atoms with van der Waals surface area (Å²) in [5.41, 5.74) is 0.208. The molecule has 0 spiro atoms. The number of hydrogen-bond donors (Lipinski definition) is 1. The van der Waals surface area contributed by atoms with Crippen LogP contribution in [0, 0.1) is 11.8 Å². The average Bonchev–Trinajstić information content (AvgIpc) is 2.56. The molecule has 7 heteroatoms. The van der Waals surface area contributed by atoms with Gasteiger partial charge in [0.1, 0.15) is 0 Å². The van der Waals surface area contributed by atoms with Crippen LogP contribution in [0.1, 0.15) is 43.5 Å². The molecule has 0 aromatic heterocycles. The first-order chi connectivity index (χ1) is 11.7. The molecule has 1 N–H and O–H groups in total. The van der Waals surface area contributed by atoms with E-state index < -0.39 is 15.8 Å². The topological polar surface area (TPSA) is 89.5 Å². The Morgan fingerprint density at radius 1 is 1.16 bits per heavy atom. The molecule has 1 aromatic carbocycles. The molecule has 0 bridgehead atoms. The fraction of sp³-hybridized carbons (Fsp3) is 0.556. The molecule has 0 saturated heterocycles. The van der Waals surface area contributed by atoms with Crippen LogP contribution in [0.2, 0.25) is 0 Å². The summed E-state index contributed by atoms with van der Waals surface area (Å²) in [4.78, 5) is 24.1. The van der Waals surface area contributed by atoms with Crippen molar-refractivity contribution in [1.29, 1.82) is 0 Å². The molecule has 3 atom stereocenters. The summed E-state index contributed by atoms with van der Waals surface area (Å²) in [5.74, 6) is -0.000726. The Morgan fingerprint density at radius 3 is 2.40 bits per heavy atom. The van der Waals surface area contributed by atoms with E-state index in [2.05, 4.69) is 19.2 Å². The molecule has 1 fully saturated rings. The second kappa shape index (κ2) is 7.99. The van der Waals surface area contributed by atoms with Crippen molar-refractivity contribution < 1.29 is 22.7 Å². The van der Waals surface area contributed by atoms with Crippen LogP contribution in [0.4, 0.5) is 0 Å². The summed E-state index contributed by atoms with van der Waals surface area (Å²) in [6.07, 6.45) is 4.30. The highest BCUT2D eigenvalue weighted by Crippen LogP contribution is 2.29. The maximum absolute atomic E-state index is 12.0. The smallest absolute Gasteiger partial charge is 0.338 e. The summed E-state index contributed by atoms with van der Waals surface area (Å²) in [5, 5.41) is 2.94. The summed E-state index contributed by atoms with van der Waals surface area (Å²) < 4.78 is 27.8. The van der Waals surface area contributed by atoms with Crippen molar-refractivity contribution in [2.45, 2.75) is 44.0 Å². The summed E-state index contributed by atoms with van der Waals surface area (Å²) in [6, 6.07) is 5.56. The fourth-order valence-electron chi connectivity index (χ4n) is 3.09. The van der Waals surface area contributed by atoms with E-state index in [1.807, 2.05) is 0 Å². The number of benzene rings is 1. The summed E-state index contributed by atoms with van der Waals surface area (Å²) in [7, 11) is -3.31. The van der Waals surface area contributed by atoms with Crippen LogP contribution >= 0.6 is 0 Å². The molecular weight excluding hydrogens is 342 g/mol. The highest BCUT2D eigenvalue weighted by atomic mass is 32.2. The van der Waals surface area contributed by atoms with E-state index in [1.165, 1.54) is 30.7 Å². The van der Waals surface area contributed by atoms with Crippen LogP contribution in [0.5, 0.6) is 0 Å². The lowest BCUT2D eigenvalue weighted by Gasteiger charge is -2.34. The highest BCUT2D eigenvalue weighted by Gasteiger charge is 2.28. The third-order valence-electron chi connectivity index (χ3n) is 4.91. The van der Waals surface area contributed by atoms with Gasteiger partial charge in [0.05, 0.1) is 10.5 Å². The first-order valence-corrected chi connectivity index (χ1v) is 10.3. The normalized spacial score (nSPS) is 23.7. The third-order valence-corrected chi connectivity index (χ3v) is 6.03. The van der Waals surface area contributed by atoms with Gasteiger partial charge in [0.25, 0.3) is 5.91 Å². The average molecular weight is 367 g/mol. The molecule has 1 aliphatic carbocycles. The van der Waals surface area contributed by atoms with Gasteiger partial charge in [-0.25, -0.2) is 13.2 Å². The SMILES string of the molecule is C[C@H]1[C@@H](C)CCC[C@H]1NC(=O)COC(=O)c1ccc(S(C)(=O)=O)cc1. The van der Waals surface area contributed by atoms with Crippen molar-refractivity contribution in [3.8, 4) is 0 Å². The van der Waals surface area contributed by atoms with Crippen LogP contribution in [-0.4, -0.2) is 39.2 Å². The zero-order valence-electron chi connectivity index (χ0n) is 14.8. The number of esters is 1. The molecule has 0 heterocycles. The zero-order valence-corrected chi connectivity index (χ0v) is 15.6. The summed E-state index contributed by atoms with van der Waals surface area (Å²) in [6.45, 7) is 3.97. The second-order valence-electron chi connectivity index (χ2n) is 6.81. The predicted octanol–water partition coefficient (Wildman–Crippen LogP) is 2.19. The Bertz CT molecular complexity index is 726. The number of carbonyl (C=O) groups excluding carboxylic acids is 2. The molecule has 2 rings (SSSR count). The van der Waals surface area contributed by atoms with Gasteiger partial charge in [-0.1, -0.05) is 26.7 Å². The van der Waals surface area contributed by atoms with E-state index in [1.54, 1.807) is 0 Å². The number of ether oxygens (including phenoxy) is 1. The monoisotopic (exact) mass is 367 g/mol. The number of amides is 1. The molecular formula is C18H25NO5S. The van der Waals surface area contributed by atoms with E-state index in [-0.39, 0.29) is 29.0 Å². The van der Waals surface area contributed by atoms with Gasteiger partial charge in [0.15, 0.2) is 16.4 Å². The van der Waals surface area contributed by atoms with E-state index in [9.17, 15) is 18.0 Å². The lowest BCUT2D eigenvalue weighted by molar-refractivity contribution is -0.125. The Balaban J connectivity index is 1.86. The molecule has 138 valence electrons. The number of hydrogen-bond acceptors (Lipinski definition) is 5. The van der Waals surface area contributed by atoms with E-state index >= 15 is 0 Å². The Kier molecular flexibility index (Phi) is 6.21. The van der Waals surface area contributed by atoms with Crippen LogP contribution in [0.15, 0.2) is 29.2 Å². The molecule has 1 aliphatic rings. The first kappa shape index (κ1) is 19.4. The Hall–Kier alpha value is -1.89. The van der Waals surface area contributed by atoms with Crippen LogP contribution in [-0.2, 0) is 19.4 Å². The quantitative estimate of drug-likeness (QED) is 0.806. The largest absolute Gasteiger partial charge is 0.452 e. The van der Waals surface area contributed by atoms with Gasteiger partial charge in [0, 0.05) is 12.3 Å². The minimum Gasteiger partial charge on any atom is -0.452 e. The minimum absolute atomic E-state index is 0.115. The van der Waals surface area contributed by atoms with Gasteiger partial charge in [-0.2, -0.15) is 0 Å². The maximum atomic E-state index is 12.0. The lowest BCUT2D eigenvalue weighted by Crippen LogP contribution is -2.45. The summed E-state index contributed by atoms with van der Waals surface area (Å²) >= 11 is 0. The molecule has 25 heavy (non-hydrogen) atoms. The van der Waals surface area contributed by atoms with Gasteiger partial charge >= 0.3 is 5.97 Å². The standard InChI is InChI=1S/C18H25NO5S/c1-12-5-4-6-16(13(12)2)19-17(20)11-24-18(21)14-7-9-15(10-8-14)25(3,22)23/h7-10,12-13,16H,4-6,11H2,1-3H3,(H,19,20)/t12-,13-,16+/m0/s1. The number of rotatable bonds is 5. The first-order valence-electron chi connectivity index (χ1n) is 8.45. The highest BCUT2D eigenvalue weighted by molar-refractivity contribution is 7.90. The molecule has 1 aromatic rings. The van der Waals surface area contributed by atoms with E-state index in [0.717, 1.165) is 19.1 Å². The van der Waals surface area contributed by atoms with Crippen molar-refractivity contribution in [3.05, 3.63) is 29.8 Å². The zero-order chi connectivity index (χ0) is 18.6. The van der Waals surface area contributed by atoms with Crippen LogP contribution < -0.4 is 5.32 Å². The van der Waals surface area contributed by atoms with Gasteiger partial charge in [-0.15, -0.1) is 0 Å². The van der Waals surface area contributed by atoms with Crippen molar-refractivity contribution in [1.82, 2.24) is 5.32 Å². The number of sulfone groups is 1. The lowest BCUT2D eigenvalue weighted by atomic mass is 9.78. The fourth-order valence-corrected chi connectivity index (χ4v) is 3.72. The van der Waals surface area contributed by atoms with Gasteiger partial charge in [0.2, 0.25) is 0 Å². The molecule has 1 amide bonds. The van der Waals surface area contributed by atoms with Crippen LogP contribution in [0.3, 0.4) is 0 Å². The number of carbonyl (C=O) groups is 2. The van der Waals surface area contributed by atoms with Gasteiger partial charge in [-0.3, -0.25) is 4.79 Å². The second-order valence-corrected chi connectivity index (χ2v) is 8.83. The van der Waals surface area contributed by atoms with E-state index in [0.29, 0.717) is 11.8 Å². The molecule has 0 aliphatic heterocycles.